The highest BCUT2D eigenvalue weighted by atomic mass is 32.2. The van der Waals surface area contributed by atoms with Crippen LogP contribution >= 0.6 is 11.8 Å². The van der Waals surface area contributed by atoms with Crippen LogP contribution in [0, 0.1) is 0 Å². The maximum Gasteiger partial charge on any atom is 0.209 e. The monoisotopic (exact) mass is 221 g/mol. The van der Waals surface area contributed by atoms with E-state index >= 15 is 0 Å². The zero-order valence-electron chi connectivity index (χ0n) is 8.00. The van der Waals surface area contributed by atoms with Crippen LogP contribution in [0.2, 0.25) is 0 Å². The molecule has 0 saturated heterocycles. The van der Waals surface area contributed by atoms with E-state index in [0.29, 0.717) is 5.16 Å². The van der Waals surface area contributed by atoms with Crippen molar-refractivity contribution in [2.24, 2.45) is 0 Å². The normalized spacial score (nSPS) is 10.4. The Morgan fingerprint density at radius 2 is 2.27 bits per heavy atom. The molecule has 0 bridgehead atoms. The standard InChI is InChI=1S/C9H11N5S/c10-8-3-1-2-7(4-8)5-15-9-13-12-6-14(9)11/h1-4,6H,5,10-11H2. The van der Waals surface area contributed by atoms with Gasteiger partial charge in [0.05, 0.1) is 0 Å². The molecule has 2 rings (SSSR count). The van der Waals surface area contributed by atoms with Crippen molar-refractivity contribution in [1.82, 2.24) is 14.9 Å². The van der Waals surface area contributed by atoms with Gasteiger partial charge >= 0.3 is 0 Å². The summed E-state index contributed by atoms with van der Waals surface area (Å²) in [5, 5.41) is 8.26. The van der Waals surface area contributed by atoms with Crippen LogP contribution in [0.3, 0.4) is 0 Å². The number of hydrogen-bond acceptors (Lipinski definition) is 5. The molecule has 0 atom stereocenters. The second-order valence-electron chi connectivity index (χ2n) is 3.05. The number of nitrogens with two attached hydrogens (primary N) is 2. The van der Waals surface area contributed by atoms with Gasteiger partial charge in [0.25, 0.3) is 0 Å². The molecule has 0 radical (unpaired) electrons. The van der Waals surface area contributed by atoms with Crippen LogP contribution in [0.15, 0.2) is 35.7 Å². The number of benzene rings is 1. The minimum absolute atomic E-state index is 0.692. The van der Waals surface area contributed by atoms with Crippen LogP contribution in [0.1, 0.15) is 5.56 Å². The second-order valence-corrected chi connectivity index (χ2v) is 4.00. The van der Waals surface area contributed by atoms with Crippen molar-refractivity contribution in [3.05, 3.63) is 36.2 Å². The Morgan fingerprint density at radius 1 is 1.40 bits per heavy atom. The van der Waals surface area contributed by atoms with Crippen molar-refractivity contribution in [1.29, 1.82) is 0 Å². The third-order valence-corrected chi connectivity index (χ3v) is 2.89. The first-order valence-electron chi connectivity index (χ1n) is 4.38. The van der Waals surface area contributed by atoms with E-state index in [4.69, 9.17) is 11.6 Å². The van der Waals surface area contributed by atoms with Crippen LogP contribution < -0.4 is 11.6 Å². The van der Waals surface area contributed by atoms with Crippen molar-refractivity contribution in [2.45, 2.75) is 10.9 Å². The Hall–Kier alpha value is -1.69. The molecule has 0 saturated carbocycles. The second kappa shape index (κ2) is 4.22. The fourth-order valence-electron chi connectivity index (χ4n) is 1.17. The first-order chi connectivity index (χ1) is 7.25. The van der Waals surface area contributed by atoms with Crippen molar-refractivity contribution >= 4 is 17.4 Å². The highest BCUT2D eigenvalue weighted by Crippen LogP contribution is 2.20. The summed E-state index contributed by atoms with van der Waals surface area (Å²) in [6.45, 7) is 0. The van der Waals surface area contributed by atoms with E-state index < -0.39 is 0 Å². The largest absolute Gasteiger partial charge is 0.399 e. The minimum atomic E-state index is 0.692. The molecule has 5 nitrogen and oxygen atoms in total. The van der Waals surface area contributed by atoms with Crippen LogP contribution in [0.4, 0.5) is 5.69 Å². The van der Waals surface area contributed by atoms with E-state index in [1.165, 1.54) is 22.8 Å². The van der Waals surface area contributed by atoms with Gasteiger partial charge in [0.2, 0.25) is 5.16 Å². The van der Waals surface area contributed by atoms with Crippen molar-refractivity contribution < 1.29 is 0 Å². The van der Waals surface area contributed by atoms with Crippen LogP contribution in [-0.4, -0.2) is 14.9 Å². The van der Waals surface area contributed by atoms with E-state index in [9.17, 15) is 0 Å². The lowest BCUT2D eigenvalue weighted by atomic mass is 10.2. The number of nitrogen functional groups attached to an aromatic ring is 2. The Morgan fingerprint density at radius 3 is 2.93 bits per heavy atom. The maximum atomic E-state index is 5.67. The minimum Gasteiger partial charge on any atom is -0.399 e. The van der Waals surface area contributed by atoms with Crippen molar-refractivity contribution in [3.8, 4) is 0 Å². The highest BCUT2D eigenvalue weighted by molar-refractivity contribution is 7.98. The van der Waals surface area contributed by atoms with Crippen molar-refractivity contribution in [2.75, 3.05) is 11.6 Å². The Kier molecular flexibility index (Phi) is 2.77. The Bertz CT molecular complexity index is 453. The maximum absolute atomic E-state index is 5.67. The topological polar surface area (TPSA) is 82.8 Å². The molecule has 0 fully saturated rings. The first kappa shape index (κ1) is 9.85. The molecule has 0 amide bonds. The first-order valence-corrected chi connectivity index (χ1v) is 5.36. The zero-order valence-corrected chi connectivity index (χ0v) is 8.81. The van der Waals surface area contributed by atoms with Crippen LogP contribution in [-0.2, 0) is 5.75 Å². The van der Waals surface area contributed by atoms with Gasteiger partial charge in [-0.25, -0.2) is 4.68 Å². The molecule has 0 aliphatic heterocycles. The Balaban J connectivity index is 2.02. The van der Waals surface area contributed by atoms with Gasteiger partial charge in [0.15, 0.2) is 0 Å². The predicted octanol–water partition coefficient (Wildman–Crippen LogP) is 0.866. The van der Waals surface area contributed by atoms with Crippen LogP contribution in [0.25, 0.3) is 0 Å². The van der Waals surface area contributed by atoms with Gasteiger partial charge in [-0.3, -0.25) is 0 Å². The quantitative estimate of drug-likeness (QED) is 0.456. The zero-order chi connectivity index (χ0) is 10.7. The summed E-state index contributed by atoms with van der Waals surface area (Å²) >= 11 is 1.52. The van der Waals surface area contributed by atoms with Gasteiger partial charge < -0.3 is 11.6 Å². The number of hydrogen-bond donors (Lipinski definition) is 2. The van der Waals surface area contributed by atoms with E-state index in [1.807, 2.05) is 24.3 Å². The molecule has 6 heteroatoms. The molecule has 2 aromatic rings. The molecule has 15 heavy (non-hydrogen) atoms. The van der Waals surface area contributed by atoms with Gasteiger partial charge in [-0.1, -0.05) is 23.9 Å². The summed E-state index contributed by atoms with van der Waals surface area (Å²) in [6, 6.07) is 7.74. The average molecular weight is 221 g/mol. The van der Waals surface area contributed by atoms with Crippen LogP contribution in [0.5, 0.6) is 0 Å². The summed E-state index contributed by atoms with van der Waals surface area (Å²) in [4.78, 5) is 0. The number of rotatable bonds is 3. The van der Waals surface area contributed by atoms with Gasteiger partial charge in [-0.05, 0) is 17.7 Å². The summed E-state index contributed by atoms with van der Waals surface area (Å²) in [5.74, 6) is 6.36. The lowest BCUT2D eigenvalue weighted by Gasteiger charge is -2.01. The highest BCUT2D eigenvalue weighted by Gasteiger charge is 2.02. The van der Waals surface area contributed by atoms with Crippen molar-refractivity contribution in [3.63, 3.8) is 0 Å². The SMILES string of the molecule is Nc1cccc(CSc2nncn2N)c1. The van der Waals surface area contributed by atoms with E-state index in [1.54, 1.807) is 0 Å². The average Bonchev–Trinajstić information content (AvgIpc) is 2.61. The van der Waals surface area contributed by atoms with E-state index in [0.717, 1.165) is 17.0 Å². The molecule has 0 spiro atoms. The molecule has 1 heterocycles. The van der Waals surface area contributed by atoms with Gasteiger partial charge in [0.1, 0.15) is 6.33 Å². The summed E-state index contributed by atoms with van der Waals surface area (Å²) < 4.78 is 1.40. The predicted molar refractivity (Wildman–Crippen MR) is 60.6 cm³/mol. The Labute approximate surface area is 91.5 Å². The lowest BCUT2D eigenvalue weighted by Crippen LogP contribution is -2.07. The molecular formula is C9H11N5S. The van der Waals surface area contributed by atoms with Gasteiger partial charge in [-0.2, -0.15) is 0 Å². The molecule has 0 aliphatic carbocycles. The van der Waals surface area contributed by atoms with Gasteiger partial charge in [-0.15, -0.1) is 10.2 Å². The summed E-state index contributed by atoms with van der Waals surface area (Å²) in [5.41, 5.74) is 7.58. The fraction of sp³-hybridized carbons (Fsp3) is 0.111. The molecule has 1 aromatic heterocycles. The number of nitrogens with zero attached hydrogens (tertiary/aromatic N) is 3. The number of aromatic nitrogens is 3. The molecule has 4 N–H and O–H groups in total. The number of anilines is 1. The number of thioether (sulfide) groups is 1. The van der Waals surface area contributed by atoms with E-state index in [-0.39, 0.29) is 0 Å². The third kappa shape index (κ3) is 2.41. The molecule has 0 unspecified atom stereocenters. The smallest absolute Gasteiger partial charge is 0.209 e. The molecule has 78 valence electrons. The molecular weight excluding hydrogens is 210 g/mol. The van der Waals surface area contributed by atoms with Gasteiger partial charge in [0, 0.05) is 11.4 Å². The molecule has 0 aliphatic rings. The summed E-state index contributed by atoms with van der Waals surface area (Å²) in [6.07, 6.45) is 1.47. The third-order valence-electron chi connectivity index (χ3n) is 1.86. The van der Waals surface area contributed by atoms with E-state index in [2.05, 4.69) is 10.2 Å². The summed E-state index contributed by atoms with van der Waals surface area (Å²) in [7, 11) is 0. The molecule has 1 aromatic carbocycles. The fourth-order valence-corrected chi connectivity index (χ4v) is 1.94. The lowest BCUT2D eigenvalue weighted by molar-refractivity contribution is 0.846.